The van der Waals surface area contributed by atoms with Crippen LogP contribution in [0, 0.1) is 6.92 Å². The van der Waals surface area contributed by atoms with Gasteiger partial charge in [-0.25, -0.2) is 4.79 Å². The highest BCUT2D eigenvalue weighted by Gasteiger charge is 2.13. The minimum Gasteiger partial charge on any atom is -0.489 e. The first-order valence-corrected chi connectivity index (χ1v) is 8.41. The molecule has 0 aliphatic heterocycles. The molecule has 1 heterocycles. The van der Waals surface area contributed by atoms with Crippen LogP contribution in [-0.4, -0.2) is 19.2 Å². The number of fused-ring (bicyclic) bond motifs is 1. The summed E-state index contributed by atoms with van der Waals surface area (Å²) in [4.78, 5) is 23.4. The van der Waals surface area contributed by atoms with Gasteiger partial charge in [0.2, 0.25) is 0 Å². The summed E-state index contributed by atoms with van der Waals surface area (Å²) in [5.74, 6) is 0.358. The molecule has 5 nitrogen and oxygen atoms in total. The number of rotatable bonds is 8. The lowest BCUT2D eigenvalue weighted by Crippen LogP contribution is -2.08. The van der Waals surface area contributed by atoms with Crippen molar-refractivity contribution in [1.82, 2.24) is 0 Å². The third kappa shape index (κ3) is 5.21. The van der Waals surface area contributed by atoms with Gasteiger partial charge in [-0.2, -0.15) is 0 Å². The van der Waals surface area contributed by atoms with Crippen molar-refractivity contribution >= 4 is 16.9 Å². The maximum absolute atomic E-state index is 11.8. The third-order valence-corrected chi connectivity index (χ3v) is 3.67. The number of esters is 1. The lowest BCUT2D eigenvalue weighted by atomic mass is 10.0. The van der Waals surface area contributed by atoms with E-state index < -0.39 is 5.63 Å². The number of hydrogen-bond acceptors (Lipinski definition) is 5. The standard InChI is InChI=1S/C20H24O5/c1-5-8-23-19(21)7-6-15-10-16-14(4)9-20(22)25-18(16)11-17(15)24-12-13(2)3/h9-11H,2,5-8,12H2,1,3-4H3. The zero-order chi connectivity index (χ0) is 18.4. The average molecular weight is 344 g/mol. The number of hydrogen-bond donors (Lipinski definition) is 0. The van der Waals surface area contributed by atoms with Crippen LogP contribution < -0.4 is 10.4 Å². The van der Waals surface area contributed by atoms with Gasteiger partial charge in [-0.15, -0.1) is 0 Å². The second-order valence-electron chi connectivity index (χ2n) is 6.17. The molecule has 0 atom stereocenters. The SMILES string of the molecule is C=C(C)COc1cc2oc(=O)cc(C)c2cc1CCC(=O)OCCC. The fourth-order valence-corrected chi connectivity index (χ4v) is 2.45. The van der Waals surface area contributed by atoms with Gasteiger partial charge in [-0.05, 0) is 49.5 Å². The first-order chi connectivity index (χ1) is 11.9. The van der Waals surface area contributed by atoms with Crippen molar-refractivity contribution in [2.24, 2.45) is 0 Å². The molecule has 0 aliphatic carbocycles. The Labute approximate surface area is 147 Å². The molecule has 0 N–H and O–H groups in total. The quantitative estimate of drug-likeness (QED) is 0.412. The van der Waals surface area contributed by atoms with Crippen LogP contribution >= 0.6 is 0 Å². The van der Waals surface area contributed by atoms with Gasteiger partial charge in [0.25, 0.3) is 0 Å². The Balaban J connectivity index is 2.33. The first kappa shape index (κ1) is 18.8. The number of benzene rings is 1. The van der Waals surface area contributed by atoms with E-state index in [9.17, 15) is 9.59 Å². The Kier molecular flexibility index (Phi) is 6.39. The summed E-state index contributed by atoms with van der Waals surface area (Å²) in [6.07, 6.45) is 1.56. The summed E-state index contributed by atoms with van der Waals surface area (Å²) in [7, 11) is 0. The monoisotopic (exact) mass is 344 g/mol. The molecule has 0 saturated heterocycles. The van der Waals surface area contributed by atoms with Crippen LogP contribution in [0.1, 0.15) is 37.8 Å². The van der Waals surface area contributed by atoms with Crippen molar-refractivity contribution < 1.29 is 18.7 Å². The van der Waals surface area contributed by atoms with Crippen molar-refractivity contribution in [3.05, 3.63) is 51.9 Å². The Morgan fingerprint density at radius 2 is 2.04 bits per heavy atom. The molecule has 0 aliphatic rings. The van der Waals surface area contributed by atoms with Gasteiger partial charge in [-0.1, -0.05) is 13.5 Å². The summed E-state index contributed by atoms with van der Waals surface area (Å²) in [5.41, 5.74) is 2.65. The van der Waals surface area contributed by atoms with E-state index in [1.807, 2.05) is 26.8 Å². The lowest BCUT2D eigenvalue weighted by molar-refractivity contribution is -0.143. The molecular weight excluding hydrogens is 320 g/mol. The zero-order valence-electron chi connectivity index (χ0n) is 15.0. The fraction of sp³-hybridized carbons (Fsp3) is 0.400. The summed E-state index contributed by atoms with van der Waals surface area (Å²) in [6.45, 7) is 10.3. The van der Waals surface area contributed by atoms with Crippen LogP contribution in [0.25, 0.3) is 11.0 Å². The van der Waals surface area contributed by atoms with Crippen LogP contribution in [0.2, 0.25) is 0 Å². The molecule has 134 valence electrons. The van der Waals surface area contributed by atoms with Crippen LogP contribution in [0.5, 0.6) is 5.75 Å². The summed E-state index contributed by atoms with van der Waals surface area (Å²) in [6, 6.07) is 5.07. The number of carbonyl (C=O) groups excluding carboxylic acids is 1. The van der Waals surface area contributed by atoms with E-state index in [2.05, 4.69) is 6.58 Å². The second-order valence-corrected chi connectivity index (χ2v) is 6.17. The average Bonchev–Trinajstić information content (AvgIpc) is 2.55. The molecule has 25 heavy (non-hydrogen) atoms. The van der Waals surface area contributed by atoms with E-state index in [0.29, 0.717) is 31.0 Å². The minimum atomic E-state index is -0.397. The molecule has 1 aromatic heterocycles. The molecule has 0 fully saturated rings. The highest BCUT2D eigenvalue weighted by atomic mass is 16.5. The number of carbonyl (C=O) groups is 1. The molecular formula is C20H24O5. The fourth-order valence-electron chi connectivity index (χ4n) is 2.45. The van der Waals surface area contributed by atoms with E-state index in [1.165, 1.54) is 6.07 Å². The Bertz CT molecular complexity index is 832. The molecule has 2 rings (SSSR count). The predicted octanol–water partition coefficient (Wildman–Crippen LogP) is 3.94. The smallest absolute Gasteiger partial charge is 0.336 e. The van der Waals surface area contributed by atoms with Crippen molar-refractivity contribution in [2.75, 3.05) is 13.2 Å². The van der Waals surface area contributed by atoms with Crippen LogP contribution in [0.3, 0.4) is 0 Å². The normalized spacial score (nSPS) is 10.7. The molecule has 2 aromatic rings. The van der Waals surface area contributed by atoms with E-state index in [1.54, 1.807) is 6.07 Å². The Hall–Kier alpha value is -2.56. The Morgan fingerprint density at radius 1 is 1.28 bits per heavy atom. The van der Waals surface area contributed by atoms with Gasteiger partial charge in [0.15, 0.2) is 0 Å². The summed E-state index contributed by atoms with van der Waals surface area (Å²) >= 11 is 0. The van der Waals surface area contributed by atoms with Gasteiger partial charge in [0, 0.05) is 23.9 Å². The number of aryl methyl sites for hydroxylation is 2. The third-order valence-electron chi connectivity index (χ3n) is 3.67. The van der Waals surface area contributed by atoms with Crippen molar-refractivity contribution in [1.29, 1.82) is 0 Å². The van der Waals surface area contributed by atoms with Gasteiger partial charge in [0.05, 0.1) is 6.61 Å². The highest BCUT2D eigenvalue weighted by Crippen LogP contribution is 2.28. The van der Waals surface area contributed by atoms with Gasteiger partial charge >= 0.3 is 11.6 Å². The van der Waals surface area contributed by atoms with Gasteiger partial charge < -0.3 is 13.9 Å². The number of ether oxygens (including phenoxy) is 2. The Morgan fingerprint density at radius 3 is 2.72 bits per heavy atom. The van der Waals surface area contributed by atoms with Gasteiger partial charge in [-0.3, -0.25) is 4.79 Å². The van der Waals surface area contributed by atoms with E-state index in [4.69, 9.17) is 13.9 Å². The molecule has 0 bridgehead atoms. The predicted molar refractivity (Wildman–Crippen MR) is 97.1 cm³/mol. The van der Waals surface area contributed by atoms with E-state index >= 15 is 0 Å². The maximum atomic E-state index is 11.8. The zero-order valence-corrected chi connectivity index (χ0v) is 15.0. The van der Waals surface area contributed by atoms with Crippen LogP contribution in [-0.2, 0) is 16.0 Å². The summed E-state index contributed by atoms with van der Waals surface area (Å²) in [5, 5.41) is 0.833. The lowest BCUT2D eigenvalue weighted by Gasteiger charge is -2.13. The largest absolute Gasteiger partial charge is 0.489 e. The molecule has 1 aromatic carbocycles. The highest BCUT2D eigenvalue weighted by molar-refractivity contribution is 5.83. The van der Waals surface area contributed by atoms with E-state index in [-0.39, 0.29) is 12.4 Å². The first-order valence-electron chi connectivity index (χ1n) is 8.41. The molecule has 0 unspecified atom stereocenters. The van der Waals surface area contributed by atoms with Crippen molar-refractivity contribution in [3.8, 4) is 5.75 Å². The molecule has 0 amide bonds. The molecule has 0 saturated carbocycles. The summed E-state index contributed by atoms with van der Waals surface area (Å²) < 4.78 is 16.2. The maximum Gasteiger partial charge on any atom is 0.336 e. The van der Waals surface area contributed by atoms with Crippen LogP contribution in [0.4, 0.5) is 0 Å². The minimum absolute atomic E-state index is 0.232. The van der Waals surface area contributed by atoms with Crippen molar-refractivity contribution in [2.45, 2.75) is 40.0 Å². The molecule has 5 heteroatoms. The molecule has 0 radical (unpaired) electrons. The van der Waals surface area contributed by atoms with Crippen LogP contribution in [0.15, 0.2) is 39.6 Å². The van der Waals surface area contributed by atoms with Crippen molar-refractivity contribution in [3.63, 3.8) is 0 Å². The van der Waals surface area contributed by atoms with E-state index in [0.717, 1.165) is 28.5 Å². The topological polar surface area (TPSA) is 65.7 Å². The van der Waals surface area contributed by atoms with Gasteiger partial charge in [0.1, 0.15) is 17.9 Å². The molecule has 0 spiro atoms. The second kappa shape index (κ2) is 8.51.